The van der Waals surface area contributed by atoms with Crippen molar-refractivity contribution in [3.05, 3.63) is 29.3 Å². The number of carbonyl (C=O) groups is 1. The topological polar surface area (TPSA) is 64.4 Å². The van der Waals surface area contributed by atoms with Gasteiger partial charge >= 0.3 is 0 Å². The number of primary amides is 1. The summed E-state index contributed by atoms with van der Waals surface area (Å²) in [6.07, 6.45) is 0. The number of benzene rings is 1. The third-order valence-corrected chi connectivity index (χ3v) is 2.20. The summed E-state index contributed by atoms with van der Waals surface area (Å²) in [5.41, 5.74) is 6.73. The van der Waals surface area contributed by atoms with E-state index in [4.69, 9.17) is 10.5 Å². The van der Waals surface area contributed by atoms with Crippen LogP contribution in [-0.2, 0) is 6.54 Å². The lowest BCUT2D eigenvalue weighted by atomic mass is 10.1. The Morgan fingerprint density at radius 1 is 1.50 bits per heavy atom. The minimum Gasteiger partial charge on any atom is -0.492 e. The van der Waals surface area contributed by atoms with E-state index < -0.39 is 5.91 Å². The molecule has 3 N–H and O–H groups in total. The Kier molecular flexibility index (Phi) is 2.37. The first-order valence-electron chi connectivity index (χ1n) is 4.53. The molecule has 1 heterocycles. The SMILES string of the molecule is NC(=O)c1ccc2c(c1)OCCNC2. The van der Waals surface area contributed by atoms with Crippen LogP contribution in [0.4, 0.5) is 0 Å². The smallest absolute Gasteiger partial charge is 0.248 e. The zero-order chi connectivity index (χ0) is 9.97. The molecule has 0 atom stereocenters. The van der Waals surface area contributed by atoms with Gasteiger partial charge in [0.15, 0.2) is 0 Å². The lowest BCUT2D eigenvalue weighted by Gasteiger charge is -2.06. The second-order valence-corrected chi connectivity index (χ2v) is 3.21. The lowest BCUT2D eigenvalue weighted by Crippen LogP contribution is -2.16. The van der Waals surface area contributed by atoms with Crippen LogP contribution in [0.15, 0.2) is 18.2 Å². The second kappa shape index (κ2) is 3.67. The van der Waals surface area contributed by atoms with Crippen molar-refractivity contribution in [2.45, 2.75) is 6.54 Å². The Balaban J connectivity index is 2.37. The summed E-state index contributed by atoms with van der Waals surface area (Å²) in [5, 5.41) is 3.21. The van der Waals surface area contributed by atoms with E-state index in [1.54, 1.807) is 12.1 Å². The van der Waals surface area contributed by atoms with E-state index in [1.807, 2.05) is 6.07 Å². The molecule has 4 heteroatoms. The van der Waals surface area contributed by atoms with Crippen LogP contribution in [0.2, 0.25) is 0 Å². The lowest BCUT2D eigenvalue weighted by molar-refractivity contribution is 0.1000. The Bertz CT molecular complexity index is 363. The molecule has 0 saturated heterocycles. The Morgan fingerprint density at radius 3 is 3.14 bits per heavy atom. The third-order valence-electron chi connectivity index (χ3n) is 2.20. The first kappa shape index (κ1) is 9.02. The van der Waals surface area contributed by atoms with Crippen LogP contribution in [0, 0.1) is 0 Å². The second-order valence-electron chi connectivity index (χ2n) is 3.21. The number of rotatable bonds is 1. The van der Waals surface area contributed by atoms with Gasteiger partial charge in [-0.05, 0) is 12.1 Å². The van der Waals surface area contributed by atoms with Crippen molar-refractivity contribution in [3.63, 3.8) is 0 Å². The standard InChI is InChI=1S/C10H12N2O2/c11-10(13)7-1-2-8-6-12-3-4-14-9(8)5-7/h1-2,5,12H,3-4,6H2,(H2,11,13). The van der Waals surface area contributed by atoms with E-state index in [-0.39, 0.29) is 0 Å². The van der Waals surface area contributed by atoms with Crippen molar-refractivity contribution < 1.29 is 9.53 Å². The maximum atomic E-state index is 10.9. The molecule has 0 spiro atoms. The number of nitrogens with two attached hydrogens (primary N) is 1. The molecule has 1 aliphatic rings. The molecule has 74 valence electrons. The predicted molar refractivity (Wildman–Crippen MR) is 52.2 cm³/mol. The number of ether oxygens (including phenoxy) is 1. The van der Waals surface area contributed by atoms with E-state index in [1.165, 1.54) is 0 Å². The van der Waals surface area contributed by atoms with Gasteiger partial charge in [0.25, 0.3) is 0 Å². The molecular weight excluding hydrogens is 180 g/mol. The van der Waals surface area contributed by atoms with Gasteiger partial charge in [-0.2, -0.15) is 0 Å². The predicted octanol–water partition coefficient (Wildman–Crippen LogP) is 0.267. The highest BCUT2D eigenvalue weighted by molar-refractivity contribution is 5.93. The minimum absolute atomic E-state index is 0.423. The van der Waals surface area contributed by atoms with Crippen LogP contribution in [0.25, 0.3) is 0 Å². The molecule has 1 amide bonds. The fourth-order valence-electron chi connectivity index (χ4n) is 1.44. The van der Waals surface area contributed by atoms with Gasteiger partial charge in [-0.1, -0.05) is 6.07 Å². The molecule has 0 aromatic heterocycles. The fraction of sp³-hybridized carbons (Fsp3) is 0.300. The highest BCUT2D eigenvalue weighted by Crippen LogP contribution is 2.21. The summed E-state index contributed by atoms with van der Waals surface area (Å²) in [7, 11) is 0. The van der Waals surface area contributed by atoms with Gasteiger partial charge in [-0.15, -0.1) is 0 Å². The molecule has 1 aromatic rings. The van der Waals surface area contributed by atoms with E-state index in [2.05, 4.69) is 5.32 Å². The number of carbonyl (C=O) groups excluding carboxylic acids is 1. The number of nitrogens with one attached hydrogen (secondary N) is 1. The molecule has 1 aliphatic heterocycles. The van der Waals surface area contributed by atoms with E-state index >= 15 is 0 Å². The highest BCUT2D eigenvalue weighted by Gasteiger charge is 2.10. The molecule has 1 aromatic carbocycles. The summed E-state index contributed by atoms with van der Waals surface area (Å²) in [6.45, 7) is 2.21. The van der Waals surface area contributed by atoms with E-state index in [0.29, 0.717) is 12.2 Å². The largest absolute Gasteiger partial charge is 0.492 e. The monoisotopic (exact) mass is 192 g/mol. The van der Waals surface area contributed by atoms with Gasteiger partial charge in [0.2, 0.25) is 5.91 Å². The van der Waals surface area contributed by atoms with Crippen molar-refractivity contribution in [3.8, 4) is 5.75 Å². The van der Waals surface area contributed by atoms with Crippen molar-refractivity contribution in [2.75, 3.05) is 13.2 Å². The number of hydrogen-bond acceptors (Lipinski definition) is 3. The summed E-state index contributed by atoms with van der Waals surface area (Å²) in [6, 6.07) is 5.29. The third kappa shape index (κ3) is 1.70. The summed E-state index contributed by atoms with van der Waals surface area (Å²) >= 11 is 0. The zero-order valence-corrected chi connectivity index (χ0v) is 7.75. The van der Waals surface area contributed by atoms with Gasteiger partial charge in [0.05, 0.1) is 0 Å². The molecule has 0 aliphatic carbocycles. The molecule has 0 bridgehead atoms. The number of fused-ring (bicyclic) bond motifs is 1. The maximum Gasteiger partial charge on any atom is 0.248 e. The van der Waals surface area contributed by atoms with E-state index in [9.17, 15) is 4.79 Å². The maximum absolute atomic E-state index is 10.9. The molecule has 0 saturated carbocycles. The molecule has 4 nitrogen and oxygen atoms in total. The Morgan fingerprint density at radius 2 is 2.36 bits per heavy atom. The Hall–Kier alpha value is -1.55. The molecule has 2 rings (SSSR count). The molecule has 14 heavy (non-hydrogen) atoms. The first-order chi connectivity index (χ1) is 6.77. The normalized spacial score (nSPS) is 15.1. The van der Waals surface area contributed by atoms with Crippen LogP contribution in [0.1, 0.15) is 15.9 Å². The van der Waals surface area contributed by atoms with Crippen LogP contribution >= 0.6 is 0 Å². The molecule has 0 fully saturated rings. The summed E-state index contributed by atoms with van der Waals surface area (Å²) in [4.78, 5) is 10.9. The van der Waals surface area contributed by atoms with Gasteiger partial charge in [-0.25, -0.2) is 0 Å². The Labute approximate surface area is 82.1 Å². The van der Waals surface area contributed by atoms with E-state index in [0.717, 1.165) is 24.4 Å². The van der Waals surface area contributed by atoms with Gasteiger partial charge in [0.1, 0.15) is 12.4 Å². The quantitative estimate of drug-likeness (QED) is 0.671. The van der Waals surface area contributed by atoms with Gasteiger partial charge in [0, 0.05) is 24.2 Å². The van der Waals surface area contributed by atoms with Gasteiger partial charge in [-0.3, -0.25) is 4.79 Å². The molecule has 0 radical (unpaired) electrons. The summed E-state index contributed by atoms with van der Waals surface area (Å²) < 4.78 is 5.47. The van der Waals surface area contributed by atoms with Gasteiger partial charge < -0.3 is 15.8 Å². The van der Waals surface area contributed by atoms with Crippen molar-refractivity contribution >= 4 is 5.91 Å². The fourth-order valence-corrected chi connectivity index (χ4v) is 1.44. The average molecular weight is 192 g/mol. The molecular formula is C10H12N2O2. The summed E-state index contributed by atoms with van der Waals surface area (Å²) in [5.74, 6) is 0.333. The highest BCUT2D eigenvalue weighted by atomic mass is 16.5. The van der Waals surface area contributed by atoms with Crippen molar-refractivity contribution in [2.24, 2.45) is 5.73 Å². The average Bonchev–Trinajstić information content (AvgIpc) is 2.41. The van der Waals surface area contributed by atoms with Crippen LogP contribution in [0.5, 0.6) is 5.75 Å². The van der Waals surface area contributed by atoms with Crippen LogP contribution in [0.3, 0.4) is 0 Å². The first-order valence-corrected chi connectivity index (χ1v) is 4.53. The number of hydrogen-bond donors (Lipinski definition) is 2. The zero-order valence-electron chi connectivity index (χ0n) is 7.75. The van der Waals surface area contributed by atoms with Crippen LogP contribution < -0.4 is 15.8 Å². The van der Waals surface area contributed by atoms with Crippen molar-refractivity contribution in [1.29, 1.82) is 0 Å². The minimum atomic E-state index is -0.423. The number of amides is 1. The molecule has 0 unspecified atom stereocenters. The van der Waals surface area contributed by atoms with Crippen LogP contribution in [-0.4, -0.2) is 19.1 Å². The van der Waals surface area contributed by atoms with Crippen molar-refractivity contribution in [1.82, 2.24) is 5.32 Å².